The van der Waals surface area contributed by atoms with Crippen molar-refractivity contribution in [2.24, 2.45) is 11.3 Å². The topological polar surface area (TPSA) is 12.0 Å². The van der Waals surface area contributed by atoms with E-state index in [-0.39, 0.29) is 5.41 Å². The molecule has 0 aliphatic rings. The molecule has 1 aromatic rings. The van der Waals surface area contributed by atoms with Crippen LogP contribution < -0.4 is 5.32 Å². The first-order valence-corrected chi connectivity index (χ1v) is 7.40. The van der Waals surface area contributed by atoms with Gasteiger partial charge in [-0.05, 0) is 36.6 Å². The molecule has 1 unspecified atom stereocenters. The minimum atomic E-state index is -0.00758. The summed E-state index contributed by atoms with van der Waals surface area (Å²) in [4.78, 5) is 0. The second-order valence-electron chi connectivity index (χ2n) is 5.80. The highest BCUT2D eigenvalue weighted by atomic mass is 35.5. The Kier molecular flexibility index (Phi) is 6.38. The lowest BCUT2D eigenvalue weighted by Crippen LogP contribution is -2.34. The highest BCUT2D eigenvalue weighted by molar-refractivity contribution is 6.35. The van der Waals surface area contributed by atoms with Crippen LogP contribution in [0.3, 0.4) is 0 Å². The van der Waals surface area contributed by atoms with Crippen molar-refractivity contribution in [1.82, 2.24) is 5.32 Å². The van der Waals surface area contributed by atoms with Crippen molar-refractivity contribution >= 4 is 23.2 Å². The molecule has 1 aromatic carbocycles. The summed E-state index contributed by atoms with van der Waals surface area (Å²) >= 11 is 12.2. The molecule has 0 radical (unpaired) electrons. The van der Waals surface area contributed by atoms with Crippen LogP contribution in [0.15, 0.2) is 30.9 Å². The van der Waals surface area contributed by atoms with Gasteiger partial charge in [0.05, 0.1) is 0 Å². The van der Waals surface area contributed by atoms with Gasteiger partial charge in [-0.15, -0.1) is 6.58 Å². The second-order valence-corrected chi connectivity index (χ2v) is 6.64. The Morgan fingerprint density at radius 3 is 2.58 bits per heavy atom. The number of benzene rings is 1. The fourth-order valence-corrected chi connectivity index (χ4v) is 2.43. The molecule has 0 bridgehead atoms. The predicted octanol–water partition coefficient (Wildman–Crippen LogP) is 4.97. The molecule has 0 aliphatic heterocycles. The van der Waals surface area contributed by atoms with E-state index < -0.39 is 0 Å². The molecule has 0 amide bonds. The quantitative estimate of drug-likeness (QED) is 0.701. The zero-order chi connectivity index (χ0) is 14.5. The van der Waals surface area contributed by atoms with Crippen LogP contribution in [0.2, 0.25) is 10.0 Å². The van der Waals surface area contributed by atoms with E-state index >= 15 is 0 Å². The van der Waals surface area contributed by atoms with Gasteiger partial charge in [-0.3, -0.25) is 0 Å². The van der Waals surface area contributed by atoms with Crippen molar-refractivity contribution in [3.05, 3.63) is 46.5 Å². The monoisotopic (exact) mass is 299 g/mol. The molecule has 1 nitrogen and oxygen atoms in total. The average Bonchev–Trinajstić information content (AvgIpc) is 2.32. The smallest absolute Gasteiger partial charge is 0.0453 e. The molecule has 19 heavy (non-hydrogen) atoms. The Hall–Kier alpha value is -0.500. The molecule has 0 saturated carbocycles. The molecule has 106 valence electrons. The second kappa shape index (κ2) is 7.33. The summed E-state index contributed by atoms with van der Waals surface area (Å²) in [5, 5.41) is 4.89. The SMILES string of the molecule is C=CC(C)(CNCC(C)C)Cc1ccc(Cl)cc1Cl. The third-order valence-electron chi connectivity index (χ3n) is 3.18. The van der Waals surface area contributed by atoms with Gasteiger partial charge in [0.25, 0.3) is 0 Å². The van der Waals surface area contributed by atoms with Gasteiger partial charge < -0.3 is 5.32 Å². The molecular weight excluding hydrogens is 277 g/mol. The van der Waals surface area contributed by atoms with Gasteiger partial charge in [0.2, 0.25) is 0 Å². The molecule has 1 atom stereocenters. The van der Waals surface area contributed by atoms with Gasteiger partial charge in [-0.1, -0.05) is 56.1 Å². The lowest BCUT2D eigenvalue weighted by Gasteiger charge is -2.27. The van der Waals surface area contributed by atoms with Crippen molar-refractivity contribution in [3.63, 3.8) is 0 Å². The van der Waals surface area contributed by atoms with Gasteiger partial charge in [0.1, 0.15) is 0 Å². The standard InChI is InChI=1S/C16H23Cl2N/c1-5-16(4,11-19-10-12(2)3)9-13-6-7-14(17)8-15(13)18/h5-8,12,19H,1,9-11H2,2-4H3. The third kappa shape index (κ3) is 5.56. The molecule has 0 saturated heterocycles. The van der Waals surface area contributed by atoms with Crippen LogP contribution in [0.5, 0.6) is 0 Å². The molecule has 3 heteroatoms. The molecular formula is C16H23Cl2N. The Labute approximate surface area is 127 Å². The zero-order valence-corrected chi connectivity index (χ0v) is 13.5. The Morgan fingerprint density at radius 2 is 2.05 bits per heavy atom. The zero-order valence-electron chi connectivity index (χ0n) is 12.0. The van der Waals surface area contributed by atoms with Crippen LogP contribution in [0.4, 0.5) is 0 Å². The number of halogens is 2. The number of nitrogens with one attached hydrogen (secondary N) is 1. The maximum absolute atomic E-state index is 6.24. The highest BCUT2D eigenvalue weighted by Gasteiger charge is 2.21. The predicted molar refractivity (Wildman–Crippen MR) is 86.2 cm³/mol. The third-order valence-corrected chi connectivity index (χ3v) is 3.77. The molecule has 0 aromatic heterocycles. The minimum absolute atomic E-state index is 0.00758. The van der Waals surface area contributed by atoms with Crippen molar-refractivity contribution in [2.45, 2.75) is 27.2 Å². The Morgan fingerprint density at radius 1 is 1.37 bits per heavy atom. The Balaban J connectivity index is 2.71. The van der Waals surface area contributed by atoms with Crippen molar-refractivity contribution < 1.29 is 0 Å². The van der Waals surface area contributed by atoms with E-state index in [9.17, 15) is 0 Å². The first kappa shape index (κ1) is 16.6. The Bertz CT molecular complexity index is 429. The van der Waals surface area contributed by atoms with Crippen molar-refractivity contribution in [2.75, 3.05) is 13.1 Å². The lowest BCUT2D eigenvalue weighted by atomic mass is 9.83. The summed E-state index contributed by atoms with van der Waals surface area (Å²) in [6, 6.07) is 5.67. The van der Waals surface area contributed by atoms with E-state index in [4.69, 9.17) is 23.2 Å². The summed E-state index contributed by atoms with van der Waals surface area (Å²) in [6.45, 7) is 12.5. The van der Waals surface area contributed by atoms with Crippen LogP contribution in [-0.4, -0.2) is 13.1 Å². The normalized spacial score (nSPS) is 14.4. The minimum Gasteiger partial charge on any atom is -0.316 e. The number of rotatable bonds is 7. The van der Waals surface area contributed by atoms with Crippen LogP contribution >= 0.6 is 23.2 Å². The summed E-state index contributed by atoms with van der Waals surface area (Å²) in [5.74, 6) is 0.646. The van der Waals surface area contributed by atoms with Gasteiger partial charge >= 0.3 is 0 Å². The summed E-state index contributed by atoms with van der Waals surface area (Å²) < 4.78 is 0. The summed E-state index contributed by atoms with van der Waals surface area (Å²) in [7, 11) is 0. The maximum Gasteiger partial charge on any atom is 0.0453 e. The van der Waals surface area contributed by atoms with E-state index in [2.05, 4.69) is 32.7 Å². The fraction of sp³-hybridized carbons (Fsp3) is 0.500. The van der Waals surface area contributed by atoms with Crippen LogP contribution in [0.1, 0.15) is 26.3 Å². The van der Waals surface area contributed by atoms with E-state index in [1.165, 1.54) is 0 Å². The van der Waals surface area contributed by atoms with E-state index in [1.54, 1.807) is 6.07 Å². The lowest BCUT2D eigenvalue weighted by molar-refractivity contribution is 0.378. The first-order valence-electron chi connectivity index (χ1n) is 6.64. The number of hydrogen-bond donors (Lipinski definition) is 1. The molecule has 1 rings (SSSR count). The molecule has 0 aliphatic carbocycles. The van der Waals surface area contributed by atoms with Crippen molar-refractivity contribution in [1.29, 1.82) is 0 Å². The van der Waals surface area contributed by atoms with Gasteiger partial charge in [-0.2, -0.15) is 0 Å². The van der Waals surface area contributed by atoms with E-state index in [0.717, 1.165) is 30.1 Å². The molecule has 0 fully saturated rings. The molecule has 0 spiro atoms. The van der Waals surface area contributed by atoms with Gasteiger partial charge in [-0.25, -0.2) is 0 Å². The summed E-state index contributed by atoms with van der Waals surface area (Å²) in [5.41, 5.74) is 1.10. The van der Waals surface area contributed by atoms with Crippen LogP contribution in [0, 0.1) is 11.3 Å². The molecule has 0 heterocycles. The fourth-order valence-electron chi connectivity index (χ4n) is 1.95. The van der Waals surface area contributed by atoms with E-state index in [1.807, 2.05) is 18.2 Å². The highest BCUT2D eigenvalue weighted by Crippen LogP contribution is 2.29. The van der Waals surface area contributed by atoms with Crippen LogP contribution in [0.25, 0.3) is 0 Å². The number of hydrogen-bond acceptors (Lipinski definition) is 1. The van der Waals surface area contributed by atoms with Gasteiger partial charge in [0, 0.05) is 22.0 Å². The molecule has 1 N–H and O–H groups in total. The first-order chi connectivity index (χ1) is 8.86. The van der Waals surface area contributed by atoms with Crippen molar-refractivity contribution in [3.8, 4) is 0 Å². The summed E-state index contributed by atoms with van der Waals surface area (Å²) in [6.07, 6.45) is 2.86. The van der Waals surface area contributed by atoms with E-state index in [0.29, 0.717) is 10.9 Å². The van der Waals surface area contributed by atoms with Crippen LogP contribution in [-0.2, 0) is 6.42 Å². The average molecular weight is 300 g/mol. The maximum atomic E-state index is 6.24. The largest absolute Gasteiger partial charge is 0.316 e. The van der Waals surface area contributed by atoms with Gasteiger partial charge in [0.15, 0.2) is 0 Å².